The first-order valence-corrected chi connectivity index (χ1v) is 8.96. The average Bonchev–Trinajstić information content (AvgIpc) is 3.02. The zero-order valence-electron chi connectivity index (χ0n) is 13.5. The first kappa shape index (κ1) is 16.1. The van der Waals surface area contributed by atoms with Crippen LogP contribution in [0.5, 0.6) is 0 Å². The summed E-state index contributed by atoms with van der Waals surface area (Å²) >= 11 is 1.61. The first-order chi connectivity index (χ1) is 11.1. The van der Waals surface area contributed by atoms with Crippen molar-refractivity contribution in [2.75, 3.05) is 12.3 Å². The summed E-state index contributed by atoms with van der Waals surface area (Å²) in [4.78, 5) is 29.4. The van der Waals surface area contributed by atoms with Crippen LogP contribution in [0.4, 0.5) is 0 Å². The van der Waals surface area contributed by atoms with E-state index in [2.05, 4.69) is 24.5 Å². The van der Waals surface area contributed by atoms with Gasteiger partial charge in [-0.25, -0.2) is 4.98 Å². The van der Waals surface area contributed by atoms with Crippen LogP contribution in [0.25, 0.3) is 11.0 Å². The Kier molecular flexibility index (Phi) is 4.71. The van der Waals surface area contributed by atoms with Gasteiger partial charge in [-0.3, -0.25) is 14.5 Å². The van der Waals surface area contributed by atoms with Gasteiger partial charge in [0, 0.05) is 31.7 Å². The minimum Gasteiger partial charge on any atom is -0.319 e. The zero-order valence-corrected chi connectivity index (χ0v) is 14.3. The number of thioether (sulfide) groups is 1. The molecule has 5 nitrogen and oxygen atoms in total. The number of aromatic nitrogens is 2. The van der Waals surface area contributed by atoms with Crippen LogP contribution in [0.1, 0.15) is 26.7 Å². The monoisotopic (exact) mass is 331 g/mol. The lowest BCUT2D eigenvalue weighted by Crippen LogP contribution is -2.31. The number of nitrogens with zero attached hydrogens (tertiary/aromatic N) is 3. The molecule has 23 heavy (non-hydrogen) atoms. The number of imide groups is 1. The molecule has 0 spiro atoms. The van der Waals surface area contributed by atoms with Gasteiger partial charge in [0.15, 0.2) is 5.16 Å². The molecule has 0 saturated carbocycles. The van der Waals surface area contributed by atoms with Gasteiger partial charge in [-0.05, 0) is 18.1 Å². The summed E-state index contributed by atoms with van der Waals surface area (Å²) in [5.41, 5.74) is 2.13. The number of benzene rings is 1. The van der Waals surface area contributed by atoms with Crippen LogP contribution < -0.4 is 0 Å². The van der Waals surface area contributed by atoms with E-state index < -0.39 is 0 Å². The Balaban J connectivity index is 1.74. The molecule has 2 heterocycles. The second-order valence-corrected chi connectivity index (χ2v) is 7.24. The van der Waals surface area contributed by atoms with E-state index in [9.17, 15) is 9.59 Å². The molecule has 0 radical (unpaired) electrons. The van der Waals surface area contributed by atoms with Crippen molar-refractivity contribution >= 4 is 34.6 Å². The minimum absolute atomic E-state index is 0.0497. The molecule has 0 N–H and O–H groups in total. The lowest BCUT2D eigenvalue weighted by atomic mass is 10.2. The Morgan fingerprint density at radius 2 is 1.87 bits per heavy atom. The van der Waals surface area contributed by atoms with E-state index in [-0.39, 0.29) is 11.8 Å². The molecule has 6 heteroatoms. The van der Waals surface area contributed by atoms with E-state index in [0.29, 0.717) is 31.1 Å². The van der Waals surface area contributed by atoms with E-state index in [4.69, 9.17) is 4.98 Å². The number of rotatable bonds is 6. The molecule has 0 aliphatic carbocycles. The van der Waals surface area contributed by atoms with Gasteiger partial charge in [0.25, 0.3) is 0 Å². The lowest BCUT2D eigenvalue weighted by Gasteiger charge is -2.14. The van der Waals surface area contributed by atoms with Gasteiger partial charge in [-0.15, -0.1) is 0 Å². The van der Waals surface area contributed by atoms with E-state index in [1.807, 2.05) is 18.2 Å². The number of imidazole rings is 1. The fourth-order valence-electron chi connectivity index (χ4n) is 2.81. The second kappa shape index (κ2) is 6.74. The number of para-hydroxylation sites is 2. The molecule has 0 unspecified atom stereocenters. The maximum atomic E-state index is 11.7. The number of amides is 2. The SMILES string of the molecule is CC(C)Cn1c(SCCN2C(=O)CCC2=O)nc2ccccc21. The number of hydrogen-bond donors (Lipinski definition) is 0. The minimum atomic E-state index is -0.0497. The Hall–Kier alpha value is -1.82. The molecule has 1 aromatic carbocycles. The number of likely N-dealkylation sites (tertiary alicyclic amines) is 1. The van der Waals surface area contributed by atoms with Crippen molar-refractivity contribution in [2.45, 2.75) is 38.4 Å². The molecule has 122 valence electrons. The molecular weight excluding hydrogens is 310 g/mol. The fraction of sp³-hybridized carbons (Fsp3) is 0.471. The summed E-state index contributed by atoms with van der Waals surface area (Å²) in [5, 5.41) is 0.957. The smallest absolute Gasteiger partial charge is 0.229 e. The van der Waals surface area contributed by atoms with Crippen molar-refractivity contribution in [3.63, 3.8) is 0 Å². The average molecular weight is 331 g/mol. The maximum Gasteiger partial charge on any atom is 0.229 e. The highest BCUT2D eigenvalue weighted by atomic mass is 32.2. The fourth-order valence-corrected chi connectivity index (χ4v) is 3.75. The van der Waals surface area contributed by atoms with Crippen LogP contribution in [-0.4, -0.2) is 38.6 Å². The third kappa shape index (κ3) is 3.42. The van der Waals surface area contributed by atoms with E-state index in [1.54, 1.807) is 11.8 Å². The van der Waals surface area contributed by atoms with Gasteiger partial charge in [0.1, 0.15) is 0 Å². The second-order valence-electron chi connectivity index (χ2n) is 6.18. The normalized spacial score (nSPS) is 15.3. The predicted octanol–water partition coefficient (Wildman–Crippen LogP) is 2.93. The molecule has 1 aromatic heterocycles. The van der Waals surface area contributed by atoms with Gasteiger partial charge in [0.2, 0.25) is 11.8 Å². The van der Waals surface area contributed by atoms with Crippen molar-refractivity contribution in [1.82, 2.24) is 14.5 Å². The highest BCUT2D eigenvalue weighted by Gasteiger charge is 2.28. The number of hydrogen-bond acceptors (Lipinski definition) is 4. The van der Waals surface area contributed by atoms with Crippen molar-refractivity contribution < 1.29 is 9.59 Å². The number of carbonyl (C=O) groups excluding carboxylic acids is 2. The summed E-state index contributed by atoms with van der Waals surface area (Å²) in [5.74, 6) is 1.10. The molecule has 2 aromatic rings. The van der Waals surface area contributed by atoms with Gasteiger partial charge < -0.3 is 4.57 Å². The molecule has 1 fully saturated rings. The van der Waals surface area contributed by atoms with Crippen molar-refractivity contribution in [3.05, 3.63) is 24.3 Å². The van der Waals surface area contributed by atoms with Gasteiger partial charge in [-0.1, -0.05) is 37.7 Å². The van der Waals surface area contributed by atoms with Crippen LogP contribution in [0, 0.1) is 5.92 Å². The van der Waals surface area contributed by atoms with Crippen LogP contribution >= 0.6 is 11.8 Å². The molecule has 2 amide bonds. The molecule has 1 aliphatic heterocycles. The summed E-state index contributed by atoms with van der Waals surface area (Å²) < 4.78 is 2.23. The maximum absolute atomic E-state index is 11.7. The lowest BCUT2D eigenvalue weighted by molar-refractivity contribution is -0.137. The van der Waals surface area contributed by atoms with E-state index in [0.717, 1.165) is 22.7 Å². The van der Waals surface area contributed by atoms with Crippen molar-refractivity contribution in [2.24, 2.45) is 5.92 Å². The van der Waals surface area contributed by atoms with Crippen LogP contribution in [0.3, 0.4) is 0 Å². The number of fused-ring (bicyclic) bond motifs is 1. The molecule has 0 atom stereocenters. The highest BCUT2D eigenvalue weighted by molar-refractivity contribution is 7.99. The topological polar surface area (TPSA) is 55.2 Å². The van der Waals surface area contributed by atoms with E-state index in [1.165, 1.54) is 4.90 Å². The van der Waals surface area contributed by atoms with Crippen LogP contribution in [-0.2, 0) is 16.1 Å². The summed E-state index contributed by atoms with van der Waals surface area (Å²) in [6, 6.07) is 8.12. The van der Waals surface area contributed by atoms with Crippen molar-refractivity contribution in [3.8, 4) is 0 Å². The predicted molar refractivity (Wildman–Crippen MR) is 91.2 cm³/mol. The summed E-state index contributed by atoms with van der Waals surface area (Å²) in [7, 11) is 0. The quantitative estimate of drug-likeness (QED) is 0.603. The third-order valence-electron chi connectivity index (χ3n) is 3.87. The first-order valence-electron chi connectivity index (χ1n) is 7.97. The van der Waals surface area contributed by atoms with Crippen LogP contribution in [0.2, 0.25) is 0 Å². The number of carbonyl (C=O) groups is 2. The van der Waals surface area contributed by atoms with Crippen LogP contribution in [0.15, 0.2) is 29.4 Å². The molecule has 0 bridgehead atoms. The largest absolute Gasteiger partial charge is 0.319 e. The van der Waals surface area contributed by atoms with Gasteiger partial charge in [-0.2, -0.15) is 0 Å². The Morgan fingerprint density at radius 1 is 1.17 bits per heavy atom. The van der Waals surface area contributed by atoms with Gasteiger partial charge >= 0.3 is 0 Å². The Bertz CT molecular complexity index is 723. The molecular formula is C17H21N3O2S. The Morgan fingerprint density at radius 3 is 2.57 bits per heavy atom. The summed E-state index contributed by atoms with van der Waals surface area (Å²) in [6.07, 6.45) is 0.713. The zero-order chi connectivity index (χ0) is 16.4. The van der Waals surface area contributed by atoms with E-state index >= 15 is 0 Å². The standard InChI is InChI=1S/C17H21N3O2S/c1-12(2)11-20-14-6-4-3-5-13(14)18-17(20)23-10-9-19-15(21)7-8-16(19)22/h3-6,12H,7-11H2,1-2H3. The molecule has 3 rings (SSSR count). The third-order valence-corrected chi connectivity index (χ3v) is 4.82. The molecule has 1 saturated heterocycles. The highest BCUT2D eigenvalue weighted by Crippen LogP contribution is 2.25. The summed E-state index contributed by atoms with van der Waals surface area (Å²) in [6.45, 7) is 5.74. The van der Waals surface area contributed by atoms with Crippen molar-refractivity contribution in [1.29, 1.82) is 0 Å². The Labute approximate surface area is 140 Å². The molecule has 1 aliphatic rings. The van der Waals surface area contributed by atoms with Gasteiger partial charge in [0.05, 0.1) is 11.0 Å².